The highest BCUT2D eigenvalue weighted by atomic mass is 79.9. The third-order valence-corrected chi connectivity index (χ3v) is 2.71. The van der Waals surface area contributed by atoms with Crippen LogP contribution in [0.15, 0.2) is 28.7 Å². The fourth-order valence-electron chi connectivity index (χ4n) is 1.46. The molecule has 0 fully saturated rings. The molecule has 0 radical (unpaired) electrons. The van der Waals surface area contributed by atoms with E-state index in [0.717, 1.165) is 10.0 Å². The topological polar surface area (TPSA) is 74.6 Å². The molecule has 0 saturated carbocycles. The van der Waals surface area contributed by atoms with Crippen molar-refractivity contribution in [2.75, 3.05) is 0 Å². The van der Waals surface area contributed by atoms with Crippen LogP contribution in [-0.4, -0.2) is 22.2 Å². The summed E-state index contributed by atoms with van der Waals surface area (Å²) in [5, 5.41) is 17.4. The van der Waals surface area contributed by atoms with E-state index in [0.29, 0.717) is 0 Å². The summed E-state index contributed by atoms with van der Waals surface area (Å²) in [6.45, 7) is 0. The van der Waals surface area contributed by atoms with Crippen LogP contribution in [0.2, 0.25) is 0 Å². The lowest BCUT2D eigenvalue weighted by molar-refractivity contribution is -0.139. The van der Waals surface area contributed by atoms with Crippen molar-refractivity contribution in [3.8, 4) is 0 Å². The maximum Gasteiger partial charge on any atom is 0.303 e. The lowest BCUT2D eigenvalue weighted by Crippen LogP contribution is -2.11. The Kier molecular flexibility index (Phi) is 4.49. The summed E-state index contributed by atoms with van der Waals surface area (Å²) in [4.78, 5) is 21.3. The number of rotatable bonds is 5. The molecule has 2 N–H and O–H groups in total. The number of halogens is 1. The Balaban J connectivity index is 2.86. The average molecular weight is 287 g/mol. The first-order valence-corrected chi connectivity index (χ1v) is 5.47. The summed E-state index contributed by atoms with van der Waals surface area (Å²) < 4.78 is 0.876. The number of hydrogen-bond acceptors (Lipinski definition) is 2. The minimum Gasteiger partial charge on any atom is -0.481 e. The van der Waals surface area contributed by atoms with E-state index < -0.39 is 17.9 Å². The average Bonchev–Trinajstić information content (AvgIpc) is 2.16. The minimum absolute atomic E-state index is 0.173. The zero-order chi connectivity index (χ0) is 12.1. The number of aliphatic carboxylic acids is 2. The Morgan fingerprint density at radius 2 is 1.50 bits per heavy atom. The second-order valence-electron chi connectivity index (χ2n) is 3.44. The third kappa shape index (κ3) is 4.02. The Bertz CT molecular complexity index is 369. The van der Waals surface area contributed by atoms with Gasteiger partial charge in [0.2, 0.25) is 0 Å². The Hall–Kier alpha value is -1.36. The van der Waals surface area contributed by atoms with Crippen LogP contribution in [0, 0.1) is 0 Å². The zero-order valence-electron chi connectivity index (χ0n) is 8.39. The van der Waals surface area contributed by atoms with Gasteiger partial charge in [0.1, 0.15) is 0 Å². The van der Waals surface area contributed by atoms with Crippen molar-refractivity contribution in [1.29, 1.82) is 0 Å². The van der Waals surface area contributed by atoms with Crippen LogP contribution >= 0.6 is 15.9 Å². The van der Waals surface area contributed by atoms with Gasteiger partial charge in [-0.25, -0.2) is 0 Å². The summed E-state index contributed by atoms with van der Waals surface area (Å²) in [7, 11) is 0. The molecule has 1 aromatic carbocycles. The van der Waals surface area contributed by atoms with Crippen LogP contribution in [0.5, 0.6) is 0 Å². The molecule has 0 amide bonds. The van der Waals surface area contributed by atoms with Gasteiger partial charge in [0.05, 0.1) is 12.8 Å². The Morgan fingerprint density at radius 3 is 1.88 bits per heavy atom. The number of carboxylic acids is 2. The van der Waals surface area contributed by atoms with Gasteiger partial charge in [-0.05, 0) is 17.7 Å². The normalized spacial score (nSPS) is 10.4. The fraction of sp³-hybridized carbons (Fsp3) is 0.273. The first-order chi connectivity index (χ1) is 7.49. The van der Waals surface area contributed by atoms with Crippen molar-refractivity contribution >= 4 is 27.9 Å². The highest BCUT2D eigenvalue weighted by molar-refractivity contribution is 9.10. The summed E-state index contributed by atoms with van der Waals surface area (Å²) in [5.41, 5.74) is 0.730. The van der Waals surface area contributed by atoms with E-state index >= 15 is 0 Å². The van der Waals surface area contributed by atoms with Crippen LogP contribution in [0.25, 0.3) is 0 Å². The van der Waals surface area contributed by atoms with E-state index in [9.17, 15) is 9.59 Å². The van der Waals surface area contributed by atoms with Gasteiger partial charge in [-0.3, -0.25) is 9.59 Å². The van der Waals surface area contributed by atoms with E-state index in [1.54, 1.807) is 24.3 Å². The lowest BCUT2D eigenvalue weighted by Gasteiger charge is -2.12. The van der Waals surface area contributed by atoms with Crippen LogP contribution in [0.1, 0.15) is 24.3 Å². The standard InChI is InChI=1S/C11H11BrO4/c12-9-3-1-7(2-4-9)8(5-10(13)14)6-11(15)16/h1-4,8H,5-6H2,(H,13,14)(H,15,16). The number of benzene rings is 1. The molecule has 5 heteroatoms. The predicted octanol–water partition coefficient (Wildman–Crippen LogP) is 2.48. The van der Waals surface area contributed by atoms with Gasteiger partial charge in [-0.2, -0.15) is 0 Å². The molecule has 1 aromatic rings. The summed E-state index contributed by atoms with van der Waals surface area (Å²) >= 11 is 3.26. The highest BCUT2D eigenvalue weighted by Crippen LogP contribution is 2.25. The molecule has 86 valence electrons. The van der Waals surface area contributed by atoms with E-state index in [1.165, 1.54) is 0 Å². The van der Waals surface area contributed by atoms with Crippen LogP contribution in [-0.2, 0) is 9.59 Å². The van der Waals surface area contributed by atoms with E-state index in [1.807, 2.05) is 0 Å². The van der Waals surface area contributed by atoms with E-state index in [2.05, 4.69) is 15.9 Å². The summed E-state index contributed by atoms with van der Waals surface area (Å²) in [6, 6.07) is 7.01. The lowest BCUT2D eigenvalue weighted by atomic mass is 9.93. The van der Waals surface area contributed by atoms with Crippen LogP contribution in [0.4, 0.5) is 0 Å². The number of carboxylic acid groups (broad SMARTS) is 2. The largest absolute Gasteiger partial charge is 0.481 e. The fourth-order valence-corrected chi connectivity index (χ4v) is 1.73. The zero-order valence-corrected chi connectivity index (χ0v) is 9.98. The Morgan fingerprint density at radius 1 is 1.06 bits per heavy atom. The number of carbonyl (C=O) groups is 2. The van der Waals surface area contributed by atoms with Gasteiger partial charge >= 0.3 is 11.9 Å². The van der Waals surface area contributed by atoms with Gasteiger partial charge in [0.15, 0.2) is 0 Å². The van der Waals surface area contributed by atoms with Crippen molar-refractivity contribution in [1.82, 2.24) is 0 Å². The molecule has 0 spiro atoms. The molecule has 0 aromatic heterocycles. The molecule has 1 rings (SSSR count). The molecule has 0 saturated heterocycles. The first-order valence-electron chi connectivity index (χ1n) is 4.68. The molecule has 16 heavy (non-hydrogen) atoms. The Labute approximate surface area is 101 Å². The molecule has 0 aliphatic carbocycles. The predicted molar refractivity (Wildman–Crippen MR) is 61.4 cm³/mol. The molecule has 0 unspecified atom stereocenters. The van der Waals surface area contributed by atoms with Gasteiger partial charge in [0.25, 0.3) is 0 Å². The van der Waals surface area contributed by atoms with Gasteiger partial charge in [0, 0.05) is 10.4 Å². The maximum absolute atomic E-state index is 10.6. The van der Waals surface area contributed by atoms with Crippen molar-refractivity contribution in [3.63, 3.8) is 0 Å². The SMILES string of the molecule is O=C(O)CC(CC(=O)O)c1ccc(Br)cc1. The van der Waals surface area contributed by atoms with Crippen molar-refractivity contribution < 1.29 is 19.8 Å². The quantitative estimate of drug-likeness (QED) is 0.872. The van der Waals surface area contributed by atoms with Gasteiger partial charge in [-0.15, -0.1) is 0 Å². The van der Waals surface area contributed by atoms with E-state index in [4.69, 9.17) is 10.2 Å². The van der Waals surface area contributed by atoms with Crippen molar-refractivity contribution in [3.05, 3.63) is 34.3 Å². The number of hydrogen-bond donors (Lipinski definition) is 2. The van der Waals surface area contributed by atoms with Crippen LogP contribution < -0.4 is 0 Å². The van der Waals surface area contributed by atoms with E-state index in [-0.39, 0.29) is 12.8 Å². The highest BCUT2D eigenvalue weighted by Gasteiger charge is 2.18. The molecular formula is C11H11BrO4. The molecule has 0 aliphatic rings. The monoisotopic (exact) mass is 286 g/mol. The van der Waals surface area contributed by atoms with Crippen LogP contribution in [0.3, 0.4) is 0 Å². The van der Waals surface area contributed by atoms with Gasteiger partial charge in [-0.1, -0.05) is 28.1 Å². The second-order valence-corrected chi connectivity index (χ2v) is 4.36. The maximum atomic E-state index is 10.6. The van der Waals surface area contributed by atoms with Crippen molar-refractivity contribution in [2.24, 2.45) is 0 Å². The van der Waals surface area contributed by atoms with Crippen molar-refractivity contribution in [2.45, 2.75) is 18.8 Å². The molecule has 0 heterocycles. The molecule has 0 aliphatic heterocycles. The molecule has 0 bridgehead atoms. The molecule has 0 atom stereocenters. The molecular weight excluding hydrogens is 276 g/mol. The summed E-state index contributed by atoms with van der Waals surface area (Å²) in [6.07, 6.45) is -0.345. The third-order valence-electron chi connectivity index (χ3n) is 2.18. The second kappa shape index (κ2) is 5.65. The smallest absolute Gasteiger partial charge is 0.303 e. The first kappa shape index (κ1) is 12.7. The van der Waals surface area contributed by atoms with Gasteiger partial charge < -0.3 is 10.2 Å². The molecule has 4 nitrogen and oxygen atoms in total. The minimum atomic E-state index is -0.992. The summed E-state index contributed by atoms with van der Waals surface area (Å²) in [5.74, 6) is -2.47.